The third-order valence-corrected chi connectivity index (χ3v) is 3.30. The molecule has 0 spiro atoms. The average molecular weight is 321 g/mol. The Morgan fingerprint density at radius 2 is 2.00 bits per heavy atom. The van der Waals surface area contributed by atoms with Crippen LogP contribution in [-0.4, -0.2) is 31.1 Å². The fourth-order valence-electron chi connectivity index (χ4n) is 1.95. The quantitative estimate of drug-likeness (QED) is 0.644. The highest BCUT2D eigenvalue weighted by Crippen LogP contribution is 2.21. The zero-order valence-electron chi connectivity index (χ0n) is 14.4. The minimum absolute atomic E-state index is 0.209. The lowest BCUT2D eigenvalue weighted by atomic mass is 10.2. The van der Waals surface area contributed by atoms with E-state index in [0.717, 1.165) is 24.2 Å². The smallest absolute Gasteiger partial charge is 0.319 e. The minimum Gasteiger partial charge on any atom is -0.494 e. The lowest BCUT2D eigenvalue weighted by molar-refractivity contribution is -0.122. The predicted molar refractivity (Wildman–Crippen MR) is 91.9 cm³/mol. The Kier molecular flexibility index (Phi) is 7.94. The van der Waals surface area contributed by atoms with Crippen LogP contribution in [0, 0.1) is 6.92 Å². The molecule has 3 amide bonds. The number of nitrogens with one attached hydrogen (secondary N) is 3. The van der Waals surface area contributed by atoms with Crippen molar-refractivity contribution < 1.29 is 14.3 Å². The number of amides is 3. The van der Waals surface area contributed by atoms with E-state index in [-0.39, 0.29) is 5.91 Å². The Bertz CT molecular complexity index is 532. The van der Waals surface area contributed by atoms with Gasteiger partial charge in [-0.2, -0.15) is 0 Å². The molecule has 6 heteroatoms. The van der Waals surface area contributed by atoms with E-state index in [9.17, 15) is 9.59 Å². The van der Waals surface area contributed by atoms with Gasteiger partial charge in [-0.1, -0.05) is 13.3 Å². The largest absolute Gasteiger partial charge is 0.494 e. The van der Waals surface area contributed by atoms with Gasteiger partial charge in [0.25, 0.3) is 0 Å². The van der Waals surface area contributed by atoms with Crippen LogP contribution < -0.4 is 20.7 Å². The average Bonchev–Trinajstić information content (AvgIpc) is 2.50. The second kappa shape index (κ2) is 9.71. The summed E-state index contributed by atoms with van der Waals surface area (Å²) in [6.45, 7) is 8.70. The van der Waals surface area contributed by atoms with Crippen molar-refractivity contribution in [1.29, 1.82) is 0 Å². The molecule has 0 radical (unpaired) electrons. The molecule has 0 unspecified atom stereocenters. The van der Waals surface area contributed by atoms with Crippen molar-refractivity contribution in [3.8, 4) is 5.75 Å². The fourth-order valence-corrected chi connectivity index (χ4v) is 1.95. The van der Waals surface area contributed by atoms with E-state index in [1.165, 1.54) is 0 Å². The number of carbonyl (C=O) groups excluding carboxylic acids is 2. The van der Waals surface area contributed by atoms with Crippen molar-refractivity contribution in [1.82, 2.24) is 10.6 Å². The summed E-state index contributed by atoms with van der Waals surface area (Å²) >= 11 is 0. The normalized spacial score (nSPS) is 11.5. The van der Waals surface area contributed by atoms with Crippen LogP contribution in [0.2, 0.25) is 0 Å². The Morgan fingerprint density at radius 1 is 1.26 bits per heavy atom. The molecule has 0 saturated heterocycles. The first-order chi connectivity index (χ1) is 11.0. The van der Waals surface area contributed by atoms with Crippen LogP contribution in [0.4, 0.5) is 10.5 Å². The first kappa shape index (κ1) is 18.8. The SMILES string of the molecule is CCCCOc1ccc(NC(=O)N[C@H](C)C(=O)NCC)c(C)c1. The molecule has 23 heavy (non-hydrogen) atoms. The van der Waals surface area contributed by atoms with Crippen molar-refractivity contribution in [3.63, 3.8) is 0 Å². The van der Waals surface area contributed by atoms with Crippen molar-refractivity contribution in [3.05, 3.63) is 23.8 Å². The summed E-state index contributed by atoms with van der Waals surface area (Å²) in [6.07, 6.45) is 2.10. The van der Waals surface area contributed by atoms with Crippen LogP contribution in [0.3, 0.4) is 0 Å². The molecule has 0 heterocycles. The molecule has 1 rings (SSSR count). The van der Waals surface area contributed by atoms with Crippen molar-refractivity contribution in [2.24, 2.45) is 0 Å². The second-order valence-corrected chi connectivity index (χ2v) is 5.39. The Balaban J connectivity index is 2.56. The number of hydrogen-bond acceptors (Lipinski definition) is 3. The Labute approximate surface area is 138 Å². The Morgan fingerprint density at radius 3 is 2.61 bits per heavy atom. The summed E-state index contributed by atoms with van der Waals surface area (Å²) in [7, 11) is 0. The molecular formula is C17H27N3O3. The topological polar surface area (TPSA) is 79.5 Å². The van der Waals surface area contributed by atoms with Crippen LogP contribution in [-0.2, 0) is 4.79 Å². The molecule has 1 atom stereocenters. The van der Waals surface area contributed by atoms with Gasteiger partial charge >= 0.3 is 6.03 Å². The maximum atomic E-state index is 11.9. The summed E-state index contributed by atoms with van der Waals surface area (Å²) in [4.78, 5) is 23.5. The maximum Gasteiger partial charge on any atom is 0.319 e. The summed E-state index contributed by atoms with van der Waals surface area (Å²) < 4.78 is 5.63. The van der Waals surface area contributed by atoms with E-state index in [0.29, 0.717) is 18.8 Å². The highest BCUT2D eigenvalue weighted by molar-refractivity contribution is 5.94. The first-order valence-corrected chi connectivity index (χ1v) is 8.06. The van der Waals surface area contributed by atoms with Crippen LogP contribution >= 0.6 is 0 Å². The fraction of sp³-hybridized carbons (Fsp3) is 0.529. The van der Waals surface area contributed by atoms with Gasteiger partial charge in [-0.3, -0.25) is 4.79 Å². The van der Waals surface area contributed by atoms with Gasteiger partial charge in [0.2, 0.25) is 5.91 Å². The van der Waals surface area contributed by atoms with E-state index in [4.69, 9.17) is 4.74 Å². The third kappa shape index (κ3) is 6.59. The number of anilines is 1. The van der Waals surface area contributed by atoms with E-state index in [2.05, 4.69) is 22.9 Å². The first-order valence-electron chi connectivity index (χ1n) is 8.06. The molecule has 0 saturated carbocycles. The molecule has 0 fully saturated rings. The van der Waals surface area contributed by atoms with Gasteiger partial charge in [-0.05, 0) is 51.0 Å². The summed E-state index contributed by atoms with van der Waals surface area (Å²) in [5.41, 5.74) is 1.59. The van der Waals surface area contributed by atoms with Gasteiger partial charge in [-0.25, -0.2) is 4.79 Å². The molecule has 1 aromatic rings. The summed E-state index contributed by atoms with van der Waals surface area (Å²) in [6, 6.07) is 4.51. The number of hydrogen-bond donors (Lipinski definition) is 3. The molecule has 1 aromatic carbocycles. The zero-order chi connectivity index (χ0) is 17.2. The molecule has 3 N–H and O–H groups in total. The molecule has 0 aliphatic heterocycles. The number of unbranched alkanes of at least 4 members (excludes halogenated alkanes) is 1. The van der Waals surface area contributed by atoms with E-state index in [1.54, 1.807) is 13.0 Å². The monoisotopic (exact) mass is 321 g/mol. The summed E-state index contributed by atoms with van der Waals surface area (Å²) in [5.74, 6) is 0.580. The van der Waals surface area contributed by atoms with Gasteiger partial charge in [0.1, 0.15) is 11.8 Å². The third-order valence-electron chi connectivity index (χ3n) is 3.30. The van der Waals surface area contributed by atoms with Crippen LogP contribution in [0.25, 0.3) is 0 Å². The predicted octanol–water partition coefficient (Wildman–Crippen LogP) is 2.82. The van der Waals surface area contributed by atoms with Crippen LogP contribution in [0.5, 0.6) is 5.75 Å². The van der Waals surface area contributed by atoms with Crippen molar-refractivity contribution in [2.45, 2.75) is 46.6 Å². The number of rotatable bonds is 8. The standard InChI is InChI=1S/C17H27N3O3/c1-5-7-10-23-14-8-9-15(12(3)11-14)20-17(22)19-13(4)16(21)18-6-2/h8-9,11,13H,5-7,10H2,1-4H3,(H,18,21)(H2,19,20,22)/t13-/m1/s1. The van der Waals surface area contributed by atoms with Gasteiger partial charge < -0.3 is 20.7 Å². The summed E-state index contributed by atoms with van der Waals surface area (Å²) in [5, 5.41) is 8.01. The number of likely N-dealkylation sites (N-methyl/N-ethyl adjacent to an activating group) is 1. The Hall–Kier alpha value is -2.24. The van der Waals surface area contributed by atoms with Crippen molar-refractivity contribution >= 4 is 17.6 Å². The van der Waals surface area contributed by atoms with Gasteiger partial charge in [0.05, 0.1) is 6.61 Å². The highest BCUT2D eigenvalue weighted by atomic mass is 16.5. The van der Waals surface area contributed by atoms with Gasteiger partial charge in [-0.15, -0.1) is 0 Å². The number of ether oxygens (including phenoxy) is 1. The van der Waals surface area contributed by atoms with Crippen LogP contribution in [0.15, 0.2) is 18.2 Å². The van der Waals surface area contributed by atoms with Crippen molar-refractivity contribution in [2.75, 3.05) is 18.5 Å². The minimum atomic E-state index is -0.591. The second-order valence-electron chi connectivity index (χ2n) is 5.39. The van der Waals surface area contributed by atoms with E-state index in [1.807, 2.05) is 26.0 Å². The lowest BCUT2D eigenvalue weighted by Crippen LogP contribution is -2.46. The lowest BCUT2D eigenvalue weighted by Gasteiger charge is -2.15. The molecule has 0 aliphatic carbocycles. The number of carbonyl (C=O) groups is 2. The van der Waals surface area contributed by atoms with Gasteiger partial charge in [0.15, 0.2) is 0 Å². The molecular weight excluding hydrogens is 294 g/mol. The van der Waals surface area contributed by atoms with Gasteiger partial charge in [0, 0.05) is 12.2 Å². The number of benzene rings is 1. The highest BCUT2D eigenvalue weighted by Gasteiger charge is 2.15. The van der Waals surface area contributed by atoms with E-state index < -0.39 is 12.1 Å². The molecule has 0 bridgehead atoms. The van der Waals surface area contributed by atoms with Crippen LogP contribution in [0.1, 0.15) is 39.2 Å². The van der Waals surface area contributed by atoms with E-state index >= 15 is 0 Å². The molecule has 6 nitrogen and oxygen atoms in total. The molecule has 128 valence electrons. The molecule has 0 aliphatic rings. The zero-order valence-corrected chi connectivity index (χ0v) is 14.4. The maximum absolute atomic E-state index is 11.9. The molecule has 0 aromatic heterocycles. The number of aryl methyl sites for hydroxylation is 1. The number of urea groups is 1.